The van der Waals surface area contributed by atoms with Crippen molar-refractivity contribution in [3.8, 4) is 0 Å². The van der Waals surface area contributed by atoms with Crippen molar-refractivity contribution in [3.05, 3.63) is 69.5 Å². The minimum absolute atomic E-state index is 0.0125. The molecule has 1 aromatic carbocycles. The van der Waals surface area contributed by atoms with Crippen molar-refractivity contribution in [1.82, 2.24) is 14.9 Å². The molecule has 0 bridgehead atoms. The van der Waals surface area contributed by atoms with Gasteiger partial charge in [0.1, 0.15) is 5.82 Å². The number of hydrogen-bond acceptors (Lipinski definition) is 5. The molecule has 0 spiro atoms. The van der Waals surface area contributed by atoms with Crippen molar-refractivity contribution in [2.75, 3.05) is 37.6 Å². The lowest BCUT2D eigenvalue weighted by Crippen LogP contribution is -2.47. The fourth-order valence-electron chi connectivity index (χ4n) is 4.30. The summed E-state index contributed by atoms with van der Waals surface area (Å²) in [5.74, 6) is 1.11. The Morgan fingerprint density at radius 1 is 1.10 bits per heavy atom. The summed E-state index contributed by atoms with van der Waals surface area (Å²) in [5, 5.41) is 4.56. The first-order valence-electron chi connectivity index (χ1n) is 10.1. The molecule has 148 valence electrons. The smallest absolute Gasteiger partial charge is 0.248 e. The Labute approximate surface area is 173 Å². The molecule has 0 unspecified atom stereocenters. The van der Waals surface area contributed by atoms with Crippen LogP contribution < -0.4 is 10.5 Å². The monoisotopic (exact) mass is 404 g/mol. The summed E-state index contributed by atoms with van der Waals surface area (Å²) < 4.78 is 1.30. The number of fused-ring (bicyclic) bond motifs is 2. The van der Waals surface area contributed by atoms with Gasteiger partial charge in [0, 0.05) is 60.5 Å². The van der Waals surface area contributed by atoms with Gasteiger partial charge < -0.3 is 9.88 Å². The molecule has 3 aromatic heterocycles. The maximum Gasteiger partial charge on any atom is 0.248 e. The van der Waals surface area contributed by atoms with Gasteiger partial charge >= 0.3 is 0 Å². The van der Waals surface area contributed by atoms with Gasteiger partial charge in [-0.2, -0.15) is 0 Å². The molecule has 29 heavy (non-hydrogen) atoms. The summed E-state index contributed by atoms with van der Waals surface area (Å²) in [5.41, 5.74) is 3.21. The number of aromatic nitrogens is 2. The summed E-state index contributed by atoms with van der Waals surface area (Å²) in [6, 6.07) is 12.2. The Morgan fingerprint density at radius 3 is 2.83 bits per heavy atom. The summed E-state index contributed by atoms with van der Waals surface area (Å²) >= 11 is 1.77. The summed E-state index contributed by atoms with van der Waals surface area (Å²) in [6.07, 6.45) is 2.81. The summed E-state index contributed by atoms with van der Waals surface area (Å²) in [4.78, 5) is 24.6. The van der Waals surface area contributed by atoms with Crippen LogP contribution in [0.3, 0.4) is 0 Å². The van der Waals surface area contributed by atoms with Crippen molar-refractivity contribution in [1.29, 1.82) is 0 Å². The maximum absolute atomic E-state index is 12.1. The first-order chi connectivity index (χ1) is 14.2. The zero-order valence-corrected chi connectivity index (χ0v) is 17.3. The molecule has 6 heteroatoms. The van der Waals surface area contributed by atoms with Crippen LogP contribution in [0.25, 0.3) is 21.0 Å². The zero-order chi connectivity index (χ0) is 19.8. The van der Waals surface area contributed by atoms with Crippen LogP contribution in [-0.4, -0.2) is 47.6 Å². The Bertz CT molecular complexity index is 1220. The van der Waals surface area contributed by atoms with Gasteiger partial charge in [-0.1, -0.05) is 18.2 Å². The van der Waals surface area contributed by atoms with Gasteiger partial charge in [0.2, 0.25) is 5.56 Å². The van der Waals surface area contributed by atoms with E-state index < -0.39 is 0 Å². The third kappa shape index (κ3) is 3.54. The zero-order valence-electron chi connectivity index (χ0n) is 16.5. The number of aryl methyl sites for hydroxylation is 1. The number of hydrogen-bond donors (Lipinski definition) is 1. The average Bonchev–Trinajstić information content (AvgIpc) is 3.22. The quantitative estimate of drug-likeness (QED) is 0.562. The largest absolute Gasteiger partial charge is 0.354 e. The molecule has 0 atom stereocenters. The third-order valence-electron chi connectivity index (χ3n) is 5.90. The molecule has 0 radical (unpaired) electrons. The van der Waals surface area contributed by atoms with Crippen LogP contribution in [0.15, 0.2) is 52.8 Å². The number of rotatable bonds is 4. The summed E-state index contributed by atoms with van der Waals surface area (Å²) in [7, 11) is 0. The highest BCUT2D eigenvalue weighted by Gasteiger charge is 2.20. The van der Waals surface area contributed by atoms with Crippen LogP contribution in [0.4, 0.5) is 5.82 Å². The van der Waals surface area contributed by atoms with E-state index in [-0.39, 0.29) is 5.56 Å². The highest BCUT2D eigenvalue weighted by atomic mass is 32.1. The first kappa shape index (κ1) is 18.3. The Hall–Kier alpha value is -2.70. The van der Waals surface area contributed by atoms with Gasteiger partial charge in [-0.15, -0.1) is 11.3 Å². The number of aromatic amines is 1. The molecule has 4 heterocycles. The molecule has 1 N–H and O–H groups in total. The molecular weight excluding hydrogens is 380 g/mol. The van der Waals surface area contributed by atoms with E-state index in [9.17, 15) is 4.79 Å². The van der Waals surface area contributed by atoms with Gasteiger partial charge in [-0.3, -0.25) is 9.69 Å². The van der Waals surface area contributed by atoms with Crippen LogP contribution in [0.1, 0.15) is 11.1 Å². The third-order valence-corrected chi connectivity index (χ3v) is 6.78. The lowest BCUT2D eigenvalue weighted by Gasteiger charge is -2.35. The van der Waals surface area contributed by atoms with E-state index in [1.54, 1.807) is 17.4 Å². The molecule has 0 saturated carbocycles. The van der Waals surface area contributed by atoms with E-state index in [1.807, 2.05) is 19.2 Å². The van der Waals surface area contributed by atoms with Crippen LogP contribution in [0.2, 0.25) is 0 Å². The van der Waals surface area contributed by atoms with E-state index in [2.05, 4.69) is 49.4 Å². The summed E-state index contributed by atoms with van der Waals surface area (Å²) in [6.45, 7) is 7.01. The molecule has 1 fully saturated rings. The fourth-order valence-corrected chi connectivity index (χ4v) is 5.07. The van der Waals surface area contributed by atoms with E-state index in [4.69, 9.17) is 0 Å². The number of benzene rings is 1. The lowest BCUT2D eigenvalue weighted by atomic mass is 10.0. The SMILES string of the molecule is Cc1cccc2c(CCN3CCN(c4nccc5sccc45)CC3)cc(=O)[nH]c12. The Morgan fingerprint density at radius 2 is 1.97 bits per heavy atom. The van der Waals surface area contributed by atoms with Gasteiger partial charge in [-0.25, -0.2) is 4.98 Å². The number of anilines is 1. The standard InChI is InChI=1S/C23H24N4OS/c1-16-3-2-4-18-17(15-21(28)25-22(16)18)6-9-26-10-12-27(13-11-26)23-19-7-14-29-20(19)5-8-24-23/h2-5,7-8,14-15H,6,9-13H2,1H3,(H,25,28). The number of pyridine rings is 2. The van der Waals surface area contributed by atoms with Crippen LogP contribution in [-0.2, 0) is 6.42 Å². The molecule has 0 amide bonds. The van der Waals surface area contributed by atoms with Gasteiger partial charge in [0.15, 0.2) is 0 Å². The van der Waals surface area contributed by atoms with Crippen LogP contribution >= 0.6 is 11.3 Å². The maximum atomic E-state index is 12.1. The van der Waals surface area contributed by atoms with Crippen LogP contribution in [0, 0.1) is 6.92 Å². The average molecular weight is 405 g/mol. The van der Waals surface area contributed by atoms with Crippen molar-refractivity contribution in [2.45, 2.75) is 13.3 Å². The van der Waals surface area contributed by atoms with Crippen molar-refractivity contribution in [2.24, 2.45) is 0 Å². The lowest BCUT2D eigenvalue weighted by molar-refractivity contribution is 0.261. The number of para-hydroxylation sites is 1. The molecule has 5 rings (SSSR count). The molecule has 1 saturated heterocycles. The van der Waals surface area contributed by atoms with Gasteiger partial charge in [0.25, 0.3) is 0 Å². The predicted octanol–water partition coefficient (Wildman–Crippen LogP) is 3.81. The second kappa shape index (κ2) is 7.61. The highest BCUT2D eigenvalue weighted by Crippen LogP contribution is 2.29. The first-order valence-corrected chi connectivity index (χ1v) is 11.0. The highest BCUT2D eigenvalue weighted by molar-refractivity contribution is 7.17. The van der Waals surface area contributed by atoms with Gasteiger partial charge in [-0.05, 0) is 42.0 Å². The number of piperazine rings is 1. The minimum atomic E-state index is -0.0125. The molecule has 5 nitrogen and oxygen atoms in total. The second-order valence-corrected chi connectivity index (χ2v) is 8.65. The molecule has 4 aromatic rings. The number of nitrogens with zero attached hydrogens (tertiary/aromatic N) is 3. The van der Waals surface area contributed by atoms with E-state index in [0.717, 1.165) is 67.0 Å². The van der Waals surface area contributed by atoms with Gasteiger partial charge in [0.05, 0.1) is 5.52 Å². The molecular formula is C23H24N4OS. The molecule has 0 aliphatic carbocycles. The Balaban J connectivity index is 1.27. The van der Waals surface area contributed by atoms with Crippen molar-refractivity contribution < 1.29 is 0 Å². The Kier molecular flexibility index (Phi) is 4.81. The number of nitrogens with one attached hydrogen (secondary N) is 1. The van der Waals surface area contributed by atoms with E-state index in [1.165, 1.54) is 10.1 Å². The molecule has 1 aliphatic heterocycles. The normalized spacial score (nSPS) is 15.4. The van der Waals surface area contributed by atoms with Crippen LogP contribution in [0.5, 0.6) is 0 Å². The number of thiophene rings is 1. The number of H-pyrrole nitrogens is 1. The van der Waals surface area contributed by atoms with Crippen molar-refractivity contribution >= 4 is 38.1 Å². The topological polar surface area (TPSA) is 52.2 Å². The molecule has 1 aliphatic rings. The second-order valence-electron chi connectivity index (χ2n) is 7.70. The van der Waals surface area contributed by atoms with E-state index in [0.29, 0.717) is 0 Å². The predicted molar refractivity (Wildman–Crippen MR) is 121 cm³/mol. The van der Waals surface area contributed by atoms with E-state index >= 15 is 0 Å². The minimum Gasteiger partial charge on any atom is -0.354 e. The fraction of sp³-hybridized carbons (Fsp3) is 0.304. The van der Waals surface area contributed by atoms with Crippen molar-refractivity contribution in [3.63, 3.8) is 0 Å².